The van der Waals surface area contributed by atoms with Crippen molar-refractivity contribution in [3.63, 3.8) is 0 Å². The maximum atomic E-state index is 11.2. The standard InChI is InChI=1S/C9H19N3O2/c1-8(7-13)11(2)5-6-12-4-3-10-9(12)14/h8,13H,3-7H2,1-2H3,(H,10,14). The van der Waals surface area contributed by atoms with Crippen LogP contribution in [-0.4, -0.2) is 66.8 Å². The van der Waals surface area contributed by atoms with Gasteiger partial charge in [-0.3, -0.25) is 4.90 Å². The lowest BCUT2D eigenvalue weighted by Crippen LogP contribution is -2.40. The maximum absolute atomic E-state index is 11.2. The zero-order chi connectivity index (χ0) is 10.6. The number of amides is 2. The lowest BCUT2D eigenvalue weighted by atomic mass is 10.3. The highest BCUT2D eigenvalue weighted by atomic mass is 16.3. The largest absolute Gasteiger partial charge is 0.395 e. The quantitative estimate of drug-likeness (QED) is 0.620. The minimum atomic E-state index is 0.0232. The third kappa shape index (κ3) is 2.85. The molecule has 0 aromatic carbocycles. The molecule has 0 radical (unpaired) electrons. The SMILES string of the molecule is CC(CO)N(C)CCN1CCNC1=O. The van der Waals surface area contributed by atoms with E-state index in [4.69, 9.17) is 5.11 Å². The molecule has 0 bridgehead atoms. The van der Waals surface area contributed by atoms with E-state index in [1.165, 1.54) is 0 Å². The van der Waals surface area contributed by atoms with Gasteiger partial charge in [0, 0.05) is 32.2 Å². The van der Waals surface area contributed by atoms with Crippen molar-refractivity contribution < 1.29 is 9.90 Å². The van der Waals surface area contributed by atoms with E-state index in [1.54, 1.807) is 4.90 Å². The molecule has 1 saturated heterocycles. The predicted molar refractivity (Wildman–Crippen MR) is 54.1 cm³/mol. The summed E-state index contributed by atoms with van der Waals surface area (Å²) in [6.45, 7) is 5.19. The number of aliphatic hydroxyl groups is 1. The van der Waals surface area contributed by atoms with Gasteiger partial charge in [0.25, 0.3) is 0 Å². The zero-order valence-corrected chi connectivity index (χ0v) is 8.86. The molecular formula is C9H19N3O2. The number of hydrogen-bond acceptors (Lipinski definition) is 3. The van der Waals surface area contributed by atoms with Gasteiger partial charge in [-0.1, -0.05) is 0 Å². The van der Waals surface area contributed by atoms with E-state index >= 15 is 0 Å². The van der Waals surface area contributed by atoms with Crippen LogP contribution in [0.5, 0.6) is 0 Å². The van der Waals surface area contributed by atoms with E-state index in [9.17, 15) is 4.79 Å². The van der Waals surface area contributed by atoms with Gasteiger partial charge in [0.05, 0.1) is 6.61 Å². The monoisotopic (exact) mass is 201 g/mol. The van der Waals surface area contributed by atoms with Crippen LogP contribution in [0.15, 0.2) is 0 Å². The number of likely N-dealkylation sites (N-methyl/N-ethyl adjacent to an activating group) is 1. The van der Waals surface area contributed by atoms with Gasteiger partial charge in [-0.2, -0.15) is 0 Å². The second-order valence-electron chi connectivity index (χ2n) is 3.73. The van der Waals surface area contributed by atoms with Crippen LogP contribution in [0.4, 0.5) is 4.79 Å². The van der Waals surface area contributed by atoms with Gasteiger partial charge < -0.3 is 15.3 Å². The van der Waals surface area contributed by atoms with Gasteiger partial charge in [0.15, 0.2) is 0 Å². The molecule has 0 aliphatic carbocycles. The van der Waals surface area contributed by atoms with Crippen LogP contribution < -0.4 is 5.32 Å². The number of carbonyl (C=O) groups is 1. The maximum Gasteiger partial charge on any atom is 0.317 e. The summed E-state index contributed by atoms with van der Waals surface area (Å²) in [5.41, 5.74) is 0. The molecule has 1 rings (SSSR count). The van der Waals surface area contributed by atoms with Gasteiger partial charge in [0.1, 0.15) is 0 Å². The zero-order valence-electron chi connectivity index (χ0n) is 8.86. The van der Waals surface area contributed by atoms with Gasteiger partial charge in [0.2, 0.25) is 0 Å². The number of carbonyl (C=O) groups excluding carboxylic acids is 1. The molecule has 1 fully saturated rings. The average Bonchev–Trinajstić information content (AvgIpc) is 2.59. The average molecular weight is 201 g/mol. The fourth-order valence-electron chi connectivity index (χ4n) is 1.36. The van der Waals surface area contributed by atoms with Crippen LogP contribution in [0.25, 0.3) is 0 Å². The first-order valence-corrected chi connectivity index (χ1v) is 4.99. The highest BCUT2D eigenvalue weighted by molar-refractivity contribution is 5.76. The molecule has 2 amide bonds. The molecule has 2 N–H and O–H groups in total. The van der Waals surface area contributed by atoms with Crippen LogP contribution in [0.1, 0.15) is 6.92 Å². The van der Waals surface area contributed by atoms with Crippen molar-refractivity contribution in [3.8, 4) is 0 Å². The van der Waals surface area contributed by atoms with Crippen molar-refractivity contribution in [2.24, 2.45) is 0 Å². The summed E-state index contributed by atoms with van der Waals surface area (Å²) in [5.74, 6) is 0. The van der Waals surface area contributed by atoms with Crippen molar-refractivity contribution in [2.75, 3.05) is 39.8 Å². The van der Waals surface area contributed by atoms with E-state index in [0.717, 1.165) is 26.2 Å². The van der Waals surface area contributed by atoms with E-state index < -0.39 is 0 Å². The smallest absolute Gasteiger partial charge is 0.317 e. The molecule has 14 heavy (non-hydrogen) atoms. The summed E-state index contributed by atoms with van der Waals surface area (Å²) in [7, 11) is 1.95. The Labute approximate surface area is 84.7 Å². The third-order valence-corrected chi connectivity index (χ3v) is 2.68. The molecule has 0 saturated carbocycles. The summed E-state index contributed by atoms with van der Waals surface area (Å²) in [6, 6.07) is 0.177. The number of aliphatic hydroxyl groups excluding tert-OH is 1. The van der Waals surface area contributed by atoms with Crippen molar-refractivity contribution in [1.82, 2.24) is 15.1 Å². The minimum absolute atomic E-state index is 0.0232. The van der Waals surface area contributed by atoms with Gasteiger partial charge in [-0.15, -0.1) is 0 Å². The molecule has 5 heteroatoms. The summed E-state index contributed by atoms with van der Waals surface area (Å²) >= 11 is 0. The first-order valence-electron chi connectivity index (χ1n) is 4.99. The topological polar surface area (TPSA) is 55.8 Å². The normalized spacial score (nSPS) is 18.9. The fraction of sp³-hybridized carbons (Fsp3) is 0.889. The predicted octanol–water partition coefficient (Wildman–Crippen LogP) is -0.676. The van der Waals surface area contributed by atoms with E-state index in [-0.39, 0.29) is 18.7 Å². The Morgan fingerprint density at radius 2 is 2.43 bits per heavy atom. The molecule has 0 aromatic heterocycles. The van der Waals surface area contributed by atoms with Gasteiger partial charge >= 0.3 is 6.03 Å². The number of nitrogens with one attached hydrogen (secondary N) is 1. The highest BCUT2D eigenvalue weighted by Gasteiger charge is 2.19. The van der Waals surface area contributed by atoms with Crippen molar-refractivity contribution in [3.05, 3.63) is 0 Å². The van der Waals surface area contributed by atoms with E-state index in [1.807, 2.05) is 18.9 Å². The Morgan fingerprint density at radius 1 is 1.71 bits per heavy atom. The van der Waals surface area contributed by atoms with Gasteiger partial charge in [-0.25, -0.2) is 4.79 Å². The summed E-state index contributed by atoms with van der Waals surface area (Å²) in [6.07, 6.45) is 0. The molecule has 1 aliphatic heterocycles. The Bertz CT molecular complexity index is 198. The molecule has 0 aromatic rings. The van der Waals surface area contributed by atoms with Crippen LogP contribution in [0.2, 0.25) is 0 Å². The molecule has 82 valence electrons. The van der Waals surface area contributed by atoms with E-state index in [0.29, 0.717) is 0 Å². The highest BCUT2D eigenvalue weighted by Crippen LogP contribution is 1.99. The first-order chi connectivity index (χ1) is 6.65. The number of nitrogens with zero attached hydrogens (tertiary/aromatic N) is 2. The van der Waals surface area contributed by atoms with Crippen molar-refractivity contribution >= 4 is 6.03 Å². The third-order valence-electron chi connectivity index (χ3n) is 2.68. The Hall–Kier alpha value is -0.810. The van der Waals surface area contributed by atoms with Crippen LogP contribution in [-0.2, 0) is 0 Å². The first kappa shape index (κ1) is 11.3. The molecular weight excluding hydrogens is 182 g/mol. The molecule has 1 aliphatic rings. The summed E-state index contributed by atoms with van der Waals surface area (Å²) in [5, 5.41) is 11.7. The van der Waals surface area contributed by atoms with Crippen molar-refractivity contribution in [1.29, 1.82) is 0 Å². The van der Waals surface area contributed by atoms with Crippen LogP contribution in [0, 0.1) is 0 Å². The Morgan fingerprint density at radius 3 is 2.93 bits per heavy atom. The van der Waals surface area contributed by atoms with Crippen molar-refractivity contribution in [2.45, 2.75) is 13.0 Å². The fourth-order valence-corrected chi connectivity index (χ4v) is 1.36. The van der Waals surface area contributed by atoms with Crippen LogP contribution in [0.3, 0.4) is 0 Å². The number of urea groups is 1. The lowest BCUT2D eigenvalue weighted by Gasteiger charge is -2.25. The molecule has 1 atom stereocenters. The molecule has 1 heterocycles. The van der Waals surface area contributed by atoms with E-state index in [2.05, 4.69) is 5.32 Å². The number of hydrogen-bond donors (Lipinski definition) is 2. The van der Waals surface area contributed by atoms with Gasteiger partial charge in [-0.05, 0) is 14.0 Å². The molecule has 1 unspecified atom stereocenters. The molecule has 5 nitrogen and oxygen atoms in total. The Kier molecular flexibility index (Phi) is 4.16. The van der Waals surface area contributed by atoms with Crippen LogP contribution >= 0.6 is 0 Å². The number of rotatable bonds is 5. The lowest BCUT2D eigenvalue weighted by molar-refractivity contribution is 0.148. The Balaban J connectivity index is 2.22. The second-order valence-corrected chi connectivity index (χ2v) is 3.73. The minimum Gasteiger partial charge on any atom is -0.395 e. The summed E-state index contributed by atoms with van der Waals surface area (Å²) < 4.78 is 0. The molecule has 0 spiro atoms. The summed E-state index contributed by atoms with van der Waals surface area (Å²) in [4.78, 5) is 15.0. The second kappa shape index (κ2) is 5.17.